The van der Waals surface area contributed by atoms with Gasteiger partial charge in [0, 0.05) is 44.6 Å². The highest BCUT2D eigenvalue weighted by Crippen LogP contribution is 2.24. The third-order valence-corrected chi connectivity index (χ3v) is 6.20. The highest BCUT2D eigenvalue weighted by atomic mass is 127. The number of nitrogens with one attached hydrogen (secondary N) is 2. The molecule has 174 valence electrons. The minimum absolute atomic E-state index is 0. The summed E-state index contributed by atoms with van der Waals surface area (Å²) >= 11 is 0. The van der Waals surface area contributed by atoms with E-state index in [1.165, 1.54) is 55.6 Å². The van der Waals surface area contributed by atoms with Crippen molar-refractivity contribution in [2.75, 3.05) is 42.5 Å². The molecule has 7 heteroatoms. The van der Waals surface area contributed by atoms with Crippen LogP contribution >= 0.6 is 24.0 Å². The van der Waals surface area contributed by atoms with Crippen molar-refractivity contribution in [3.63, 3.8) is 0 Å². The molecule has 2 N–H and O–H groups in total. The molecule has 3 heterocycles. The summed E-state index contributed by atoms with van der Waals surface area (Å²) in [5.74, 6) is 1.93. The Balaban J connectivity index is 0.00000289. The zero-order chi connectivity index (χ0) is 21.5. The molecular weight excluding hydrogens is 511 g/mol. The average molecular weight is 549 g/mol. The fraction of sp³-hybridized carbons (Fsp3) is 0.520. The Bertz CT molecular complexity index is 874. The summed E-state index contributed by atoms with van der Waals surface area (Å²) in [6.07, 6.45) is 7.02. The molecule has 2 fully saturated rings. The molecule has 4 rings (SSSR count). The van der Waals surface area contributed by atoms with E-state index in [2.05, 4.69) is 75.7 Å². The molecule has 2 saturated heterocycles. The number of rotatable bonds is 7. The van der Waals surface area contributed by atoms with Crippen molar-refractivity contribution in [3.05, 3.63) is 53.7 Å². The van der Waals surface area contributed by atoms with Crippen molar-refractivity contribution in [1.29, 1.82) is 0 Å². The number of anilines is 2. The van der Waals surface area contributed by atoms with Crippen LogP contribution in [0.3, 0.4) is 0 Å². The van der Waals surface area contributed by atoms with Crippen molar-refractivity contribution in [3.8, 4) is 0 Å². The third-order valence-electron chi connectivity index (χ3n) is 6.20. The van der Waals surface area contributed by atoms with Gasteiger partial charge in [-0.1, -0.05) is 12.1 Å². The third kappa shape index (κ3) is 6.49. The van der Waals surface area contributed by atoms with Gasteiger partial charge in [0.25, 0.3) is 0 Å². The number of aliphatic imine (C=N–C) groups is 1. The number of pyridine rings is 1. The van der Waals surface area contributed by atoms with Gasteiger partial charge in [-0.15, -0.1) is 24.0 Å². The summed E-state index contributed by atoms with van der Waals surface area (Å²) in [4.78, 5) is 14.3. The molecule has 2 aliphatic heterocycles. The lowest BCUT2D eigenvalue weighted by molar-refractivity contribution is 0.686. The molecule has 1 atom stereocenters. The number of nitrogens with zero attached hydrogens (tertiary/aromatic N) is 4. The molecule has 0 radical (unpaired) electrons. The molecule has 2 aliphatic rings. The van der Waals surface area contributed by atoms with Gasteiger partial charge in [0.2, 0.25) is 0 Å². The summed E-state index contributed by atoms with van der Waals surface area (Å²) < 4.78 is 0. The highest BCUT2D eigenvalue weighted by molar-refractivity contribution is 14.0. The van der Waals surface area contributed by atoms with Crippen LogP contribution in [0.1, 0.15) is 56.7 Å². The number of hydrogen-bond donors (Lipinski definition) is 2. The average Bonchev–Trinajstić information content (AvgIpc) is 3.52. The number of halogens is 1. The summed E-state index contributed by atoms with van der Waals surface area (Å²) in [5.41, 5.74) is 3.81. The lowest BCUT2D eigenvalue weighted by atomic mass is 10.1. The number of hydrogen-bond acceptors (Lipinski definition) is 4. The minimum Gasteiger partial charge on any atom is -0.372 e. The normalized spacial score (nSPS) is 17.2. The summed E-state index contributed by atoms with van der Waals surface area (Å²) in [6.45, 7) is 10.3. The maximum atomic E-state index is 4.85. The second-order valence-electron chi connectivity index (χ2n) is 8.57. The van der Waals surface area contributed by atoms with Crippen LogP contribution in [0.5, 0.6) is 0 Å². The molecule has 0 aliphatic carbocycles. The summed E-state index contributed by atoms with van der Waals surface area (Å²) in [6, 6.07) is 13.3. The van der Waals surface area contributed by atoms with Gasteiger partial charge in [-0.3, -0.25) is 0 Å². The fourth-order valence-electron chi connectivity index (χ4n) is 4.42. The monoisotopic (exact) mass is 548 g/mol. The second-order valence-corrected chi connectivity index (χ2v) is 8.57. The van der Waals surface area contributed by atoms with Gasteiger partial charge >= 0.3 is 0 Å². The molecule has 32 heavy (non-hydrogen) atoms. The number of guanidine groups is 1. The first-order valence-corrected chi connectivity index (χ1v) is 11.8. The highest BCUT2D eigenvalue weighted by Gasteiger charge is 2.15. The number of aromatic nitrogens is 1. The van der Waals surface area contributed by atoms with Crippen LogP contribution in [-0.2, 0) is 6.54 Å². The maximum Gasteiger partial charge on any atom is 0.192 e. The van der Waals surface area contributed by atoms with E-state index >= 15 is 0 Å². The van der Waals surface area contributed by atoms with Gasteiger partial charge in [-0.05, 0) is 74.9 Å². The van der Waals surface area contributed by atoms with Gasteiger partial charge in [0.15, 0.2) is 5.96 Å². The fourth-order valence-corrected chi connectivity index (χ4v) is 4.42. The van der Waals surface area contributed by atoms with Crippen LogP contribution < -0.4 is 20.4 Å². The van der Waals surface area contributed by atoms with Crippen molar-refractivity contribution < 1.29 is 0 Å². The first kappa shape index (κ1) is 24.6. The van der Waals surface area contributed by atoms with Crippen LogP contribution in [0.2, 0.25) is 0 Å². The van der Waals surface area contributed by atoms with Gasteiger partial charge in [-0.25, -0.2) is 9.98 Å². The van der Waals surface area contributed by atoms with E-state index in [-0.39, 0.29) is 30.0 Å². The van der Waals surface area contributed by atoms with E-state index in [4.69, 9.17) is 4.99 Å². The predicted molar refractivity (Wildman–Crippen MR) is 145 cm³/mol. The van der Waals surface area contributed by atoms with Gasteiger partial charge in [0.1, 0.15) is 5.82 Å². The standard InChI is InChI=1S/C25H36N6.HI/c1-3-26-25(28-19-21-11-12-27-24(17-21)31-15-6-7-16-31)29-20(2)22-9-8-10-23(18-22)30-13-4-5-14-30;/h8-12,17-18,20H,3-7,13-16,19H2,1-2H3,(H2,26,28,29);1H. The molecule has 1 unspecified atom stereocenters. The quantitative estimate of drug-likeness (QED) is 0.298. The van der Waals surface area contributed by atoms with E-state index in [0.717, 1.165) is 31.4 Å². The van der Waals surface area contributed by atoms with Crippen LogP contribution in [0.15, 0.2) is 47.6 Å². The molecule has 6 nitrogen and oxygen atoms in total. The molecule has 0 bridgehead atoms. The Morgan fingerprint density at radius 1 is 1.03 bits per heavy atom. The number of benzene rings is 1. The first-order valence-electron chi connectivity index (χ1n) is 11.8. The Hall–Kier alpha value is -2.03. The Labute approximate surface area is 209 Å². The van der Waals surface area contributed by atoms with Crippen LogP contribution in [-0.4, -0.2) is 43.7 Å². The molecular formula is C25H37IN6. The maximum absolute atomic E-state index is 4.85. The zero-order valence-corrected chi connectivity index (χ0v) is 21.7. The molecule has 0 saturated carbocycles. The summed E-state index contributed by atoms with van der Waals surface area (Å²) in [5, 5.41) is 6.98. The first-order chi connectivity index (χ1) is 15.2. The molecule has 0 spiro atoms. The zero-order valence-electron chi connectivity index (χ0n) is 19.4. The lowest BCUT2D eigenvalue weighted by Crippen LogP contribution is -2.38. The van der Waals surface area contributed by atoms with Crippen molar-refractivity contribution in [2.24, 2.45) is 4.99 Å². The SMILES string of the molecule is CCNC(=NCc1ccnc(N2CCCC2)c1)NC(C)c1cccc(N2CCCC2)c1.I. The molecule has 2 aromatic rings. The Morgan fingerprint density at radius 3 is 2.47 bits per heavy atom. The molecule has 1 aromatic carbocycles. The summed E-state index contributed by atoms with van der Waals surface area (Å²) in [7, 11) is 0. The Kier molecular flexibility index (Phi) is 9.44. The van der Waals surface area contributed by atoms with Crippen LogP contribution in [0.4, 0.5) is 11.5 Å². The van der Waals surface area contributed by atoms with Crippen molar-refractivity contribution in [1.82, 2.24) is 15.6 Å². The van der Waals surface area contributed by atoms with Crippen molar-refractivity contribution in [2.45, 2.75) is 52.1 Å². The second kappa shape index (κ2) is 12.3. The topological polar surface area (TPSA) is 55.8 Å². The van der Waals surface area contributed by atoms with Crippen LogP contribution in [0, 0.1) is 0 Å². The smallest absolute Gasteiger partial charge is 0.192 e. The van der Waals surface area contributed by atoms with E-state index in [0.29, 0.717) is 6.54 Å². The van der Waals surface area contributed by atoms with E-state index in [9.17, 15) is 0 Å². The van der Waals surface area contributed by atoms with E-state index in [1.54, 1.807) is 0 Å². The Morgan fingerprint density at radius 2 is 1.75 bits per heavy atom. The van der Waals surface area contributed by atoms with E-state index < -0.39 is 0 Å². The van der Waals surface area contributed by atoms with Crippen molar-refractivity contribution >= 4 is 41.4 Å². The van der Waals surface area contributed by atoms with Gasteiger partial charge < -0.3 is 20.4 Å². The van der Waals surface area contributed by atoms with E-state index in [1.807, 2.05) is 6.20 Å². The molecule has 1 aromatic heterocycles. The minimum atomic E-state index is 0. The predicted octanol–water partition coefficient (Wildman–Crippen LogP) is 4.72. The van der Waals surface area contributed by atoms with Gasteiger partial charge in [0.05, 0.1) is 12.6 Å². The largest absolute Gasteiger partial charge is 0.372 e. The lowest BCUT2D eigenvalue weighted by Gasteiger charge is -2.22. The van der Waals surface area contributed by atoms with Gasteiger partial charge in [-0.2, -0.15) is 0 Å². The van der Waals surface area contributed by atoms with Crippen LogP contribution in [0.25, 0.3) is 0 Å². The molecule has 0 amide bonds.